The molecule has 0 saturated carbocycles. The Balaban J connectivity index is 2.23. The molecular formula is C13H9BrClNO. The van der Waals surface area contributed by atoms with Gasteiger partial charge in [-0.25, -0.2) is 0 Å². The molecule has 0 aromatic heterocycles. The molecule has 2 aromatic carbocycles. The summed E-state index contributed by atoms with van der Waals surface area (Å²) in [5, 5.41) is 10.1. The Labute approximate surface area is 113 Å². The molecule has 1 N–H and O–H groups in total. The minimum Gasteiger partial charge on any atom is -0.507 e. The summed E-state index contributed by atoms with van der Waals surface area (Å²) >= 11 is 9.10. The lowest BCUT2D eigenvalue weighted by Gasteiger charge is -1.99. The highest BCUT2D eigenvalue weighted by molar-refractivity contribution is 9.10. The number of hydrogen-bond acceptors (Lipinski definition) is 2. The van der Waals surface area contributed by atoms with Crippen LogP contribution in [0.25, 0.3) is 0 Å². The van der Waals surface area contributed by atoms with Crippen molar-refractivity contribution in [3.63, 3.8) is 0 Å². The predicted molar refractivity (Wildman–Crippen MR) is 74.5 cm³/mol. The standard InChI is InChI=1S/C13H9BrClNO/c14-10-2-5-12(6-3-10)16-8-9-1-4-11(15)7-13(9)17/h1-8,17H. The van der Waals surface area contributed by atoms with E-state index in [0.717, 1.165) is 10.2 Å². The van der Waals surface area contributed by atoms with Gasteiger partial charge < -0.3 is 5.11 Å². The normalized spacial score (nSPS) is 10.9. The molecule has 0 amide bonds. The molecule has 2 aromatic rings. The Bertz CT molecular complexity index is 552. The van der Waals surface area contributed by atoms with Crippen LogP contribution in [0.15, 0.2) is 51.9 Å². The van der Waals surface area contributed by atoms with Gasteiger partial charge in [-0.1, -0.05) is 27.5 Å². The van der Waals surface area contributed by atoms with Crippen molar-refractivity contribution in [1.29, 1.82) is 0 Å². The van der Waals surface area contributed by atoms with Gasteiger partial charge in [0.15, 0.2) is 0 Å². The van der Waals surface area contributed by atoms with Gasteiger partial charge in [-0.3, -0.25) is 4.99 Å². The van der Waals surface area contributed by atoms with Crippen LogP contribution in [0.2, 0.25) is 5.02 Å². The molecule has 86 valence electrons. The SMILES string of the molecule is Oc1cc(Cl)ccc1C=Nc1ccc(Br)cc1. The first-order valence-corrected chi connectivity index (χ1v) is 6.10. The first-order valence-electron chi connectivity index (χ1n) is 4.93. The van der Waals surface area contributed by atoms with E-state index in [1.54, 1.807) is 18.3 Å². The number of halogens is 2. The molecule has 0 saturated heterocycles. The fourth-order valence-electron chi connectivity index (χ4n) is 1.30. The van der Waals surface area contributed by atoms with Crippen LogP contribution in [0.5, 0.6) is 5.75 Å². The molecule has 0 aliphatic carbocycles. The van der Waals surface area contributed by atoms with E-state index in [1.165, 1.54) is 6.07 Å². The van der Waals surface area contributed by atoms with Crippen molar-refractivity contribution >= 4 is 39.4 Å². The Kier molecular flexibility index (Phi) is 3.82. The number of phenols is 1. The van der Waals surface area contributed by atoms with Gasteiger partial charge in [0.1, 0.15) is 5.75 Å². The van der Waals surface area contributed by atoms with Crippen LogP contribution < -0.4 is 0 Å². The third kappa shape index (κ3) is 3.32. The Hall–Kier alpha value is -1.32. The van der Waals surface area contributed by atoms with E-state index in [4.69, 9.17) is 11.6 Å². The first-order chi connectivity index (χ1) is 8.15. The van der Waals surface area contributed by atoms with Gasteiger partial charge in [0, 0.05) is 21.3 Å². The van der Waals surface area contributed by atoms with Crippen LogP contribution in [0.4, 0.5) is 5.69 Å². The van der Waals surface area contributed by atoms with Gasteiger partial charge in [0.2, 0.25) is 0 Å². The Morgan fingerprint density at radius 2 is 1.82 bits per heavy atom. The number of phenolic OH excluding ortho intramolecular Hbond substituents is 1. The summed E-state index contributed by atoms with van der Waals surface area (Å²) in [6.45, 7) is 0. The molecule has 0 atom stereocenters. The molecule has 0 unspecified atom stereocenters. The predicted octanol–water partition coefficient (Wildman–Crippen LogP) is 4.56. The maximum Gasteiger partial charge on any atom is 0.125 e. The minimum absolute atomic E-state index is 0.123. The second-order valence-electron chi connectivity index (χ2n) is 3.44. The summed E-state index contributed by atoms with van der Waals surface area (Å²) in [4.78, 5) is 4.26. The molecule has 2 nitrogen and oxygen atoms in total. The quantitative estimate of drug-likeness (QED) is 0.810. The van der Waals surface area contributed by atoms with Crippen LogP contribution in [0.3, 0.4) is 0 Å². The zero-order valence-corrected chi connectivity index (χ0v) is 11.1. The second kappa shape index (κ2) is 5.34. The molecule has 2 rings (SSSR count). The second-order valence-corrected chi connectivity index (χ2v) is 4.79. The summed E-state index contributed by atoms with van der Waals surface area (Å²) in [7, 11) is 0. The monoisotopic (exact) mass is 309 g/mol. The number of rotatable bonds is 2. The molecule has 0 radical (unpaired) electrons. The number of hydrogen-bond donors (Lipinski definition) is 1. The van der Waals surface area contributed by atoms with E-state index in [-0.39, 0.29) is 5.75 Å². The lowest BCUT2D eigenvalue weighted by atomic mass is 10.2. The summed E-state index contributed by atoms with van der Waals surface area (Å²) < 4.78 is 1.01. The fraction of sp³-hybridized carbons (Fsp3) is 0. The van der Waals surface area contributed by atoms with E-state index >= 15 is 0 Å². The fourth-order valence-corrected chi connectivity index (χ4v) is 1.73. The van der Waals surface area contributed by atoms with Crippen LogP contribution >= 0.6 is 27.5 Å². The minimum atomic E-state index is 0.123. The molecular weight excluding hydrogens is 302 g/mol. The van der Waals surface area contributed by atoms with Crippen molar-refractivity contribution in [2.75, 3.05) is 0 Å². The van der Waals surface area contributed by atoms with Crippen molar-refractivity contribution in [3.05, 3.63) is 57.5 Å². The van der Waals surface area contributed by atoms with Crippen LogP contribution in [0, 0.1) is 0 Å². The molecule has 0 spiro atoms. The lowest BCUT2D eigenvalue weighted by Crippen LogP contribution is -1.81. The van der Waals surface area contributed by atoms with Crippen LogP contribution in [-0.4, -0.2) is 11.3 Å². The van der Waals surface area contributed by atoms with E-state index in [1.807, 2.05) is 24.3 Å². The zero-order chi connectivity index (χ0) is 12.3. The van der Waals surface area contributed by atoms with E-state index in [2.05, 4.69) is 20.9 Å². The molecule has 0 aliphatic rings. The lowest BCUT2D eigenvalue weighted by molar-refractivity contribution is 0.474. The zero-order valence-electron chi connectivity index (χ0n) is 8.77. The maximum atomic E-state index is 9.63. The van der Waals surface area contributed by atoms with Gasteiger partial charge in [-0.05, 0) is 42.5 Å². The van der Waals surface area contributed by atoms with Crippen LogP contribution in [-0.2, 0) is 0 Å². The van der Waals surface area contributed by atoms with Crippen molar-refractivity contribution in [2.24, 2.45) is 4.99 Å². The maximum absolute atomic E-state index is 9.63. The van der Waals surface area contributed by atoms with Crippen molar-refractivity contribution < 1.29 is 5.11 Å². The average molecular weight is 311 g/mol. The Morgan fingerprint density at radius 3 is 2.47 bits per heavy atom. The van der Waals surface area contributed by atoms with Gasteiger partial charge in [-0.15, -0.1) is 0 Å². The Morgan fingerprint density at radius 1 is 1.12 bits per heavy atom. The molecule has 4 heteroatoms. The smallest absolute Gasteiger partial charge is 0.125 e. The summed E-state index contributed by atoms with van der Waals surface area (Å²) in [5.74, 6) is 0.123. The van der Waals surface area contributed by atoms with Gasteiger partial charge in [0.05, 0.1) is 5.69 Å². The molecule has 17 heavy (non-hydrogen) atoms. The number of nitrogens with zero attached hydrogens (tertiary/aromatic N) is 1. The number of benzene rings is 2. The molecule has 0 fully saturated rings. The van der Waals surface area contributed by atoms with Gasteiger partial charge in [0.25, 0.3) is 0 Å². The van der Waals surface area contributed by atoms with Gasteiger partial charge >= 0.3 is 0 Å². The molecule has 0 heterocycles. The largest absolute Gasteiger partial charge is 0.507 e. The van der Waals surface area contributed by atoms with E-state index in [0.29, 0.717) is 10.6 Å². The molecule has 0 bridgehead atoms. The summed E-state index contributed by atoms with van der Waals surface area (Å²) in [5.41, 5.74) is 1.46. The topological polar surface area (TPSA) is 32.6 Å². The van der Waals surface area contributed by atoms with Crippen molar-refractivity contribution in [1.82, 2.24) is 0 Å². The van der Waals surface area contributed by atoms with E-state index in [9.17, 15) is 5.11 Å². The van der Waals surface area contributed by atoms with Crippen molar-refractivity contribution in [3.8, 4) is 5.75 Å². The highest BCUT2D eigenvalue weighted by Gasteiger charge is 1.98. The number of aliphatic imine (C=N–C) groups is 1. The highest BCUT2D eigenvalue weighted by atomic mass is 79.9. The van der Waals surface area contributed by atoms with Crippen LogP contribution in [0.1, 0.15) is 5.56 Å². The summed E-state index contributed by atoms with van der Waals surface area (Å²) in [6, 6.07) is 12.5. The van der Waals surface area contributed by atoms with Crippen molar-refractivity contribution in [2.45, 2.75) is 0 Å². The average Bonchev–Trinajstić information content (AvgIpc) is 2.30. The third-order valence-corrected chi connectivity index (χ3v) is 2.94. The number of aromatic hydroxyl groups is 1. The summed E-state index contributed by atoms with van der Waals surface area (Å²) in [6.07, 6.45) is 1.61. The highest BCUT2D eigenvalue weighted by Crippen LogP contribution is 2.22. The molecule has 0 aliphatic heterocycles. The third-order valence-electron chi connectivity index (χ3n) is 2.17. The van der Waals surface area contributed by atoms with Gasteiger partial charge in [-0.2, -0.15) is 0 Å². The first kappa shape index (κ1) is 12.1. The van der Waals surface area contributed by atoms with E-state index < -0.39 is 0 Å².